The van der Waals surface area contributed by atoms with E-state index in [1.54, 1.807) is 0 Å². The van der Waals surface area contributed by atoms with Crippen LogP contribution in [0.4, 0.5) is 13.2 Å². The molecule has 0 heterocycles. The van der Waals surface area contributed by atoms with Crippen LogP contribution in [0.3, 0.4) is 0 Å². The second kappa shape index (κ2) is 5.31. The summed E-state index contributed by atoms with van der Waals surface area (Å²) >= 11 is 0. The number of amides is 1. The fraction of sp³-hybridized carbons (Fsp3) is 0.923. The average molecular weight is 279 g/mol. The Balaban J connectivity index is 2.03. The maximum atomic E-state index is 12.9. The zero-order chi connectivity index (χ0) is 14.1. The smallest absolute Gasteiger partial charge is 0.392 e. The van der Waals surface area contributed by atoms with Gasteiger partial charge in [0.2, 0.25) is 5.91 Å². The molecular formula is C13H20F3NO2. The van der Waals surface area contributed by atoms with E-state index >= 15 is 0 Å². The van der Waals surface area contributed by atoms with Crippen molar-refractivity contribution < 1.29 is 23.1 Å². The SMILES string of the molecule is O=C(NC1(CO)CCC1)C1CCCCC1C(F)(F)F. The van der Waals surface area contributed by atoms with Gasteiger partial charge in [0.05, 0.1) is 18.1 Å². The number of alkyl halides is 3. The van der Waals surface area contributed by atoms with Crippen LogP contribution in [0, 0.1) is 11.8 Å². The van der Waals surface area contributed by atoms with Crippen LogP contribution in [0.1, 0.15) is 44.9 Å². The lowest BCUT2D eigenvalue weighted by Crippen LogP contribution is -2.58. The summed E-state index contributed by atoms with van der Waals surface area (Å²) in [4.78, 5) is 12.1. The lowest BCUT2D eigenvalue weighted by Gasteiger charge is -2.43. The Hall–Kier alpha value is -0.780. The van der Waals surface area contributed by atoms with Gasteiger partial charge in [0, 0.05) is 5.92 Å². The van der Waals surface area contributed by atoms with Gasteiger partial charge in [-0.25, -0.2) is 0 Å². The Morgan fingerprint density at radius 3 is 2.32 bits per heavy atom. The average Bonchev–Trinajstić information content (AvgIpc) is 2.32. The van der Waals surface area contributed by atoms with Gasteiger partial charge in [-0.05, 0) is 32.1 Å². The van der Waals surface area contributed by atoms with E-state index in [2.05, 4.69) is 5.32 Å². The van der Waals surface area contributed by atoms with Gasteiger partial charge in [0.1, 0.15) is 0 Å². The molecule has 1 amide bonds. The maximum absolute atomic E-state index is 12.9. The van der Waals surface area contributed by atoms with Gasteiger partial charge in [-0.2, -0.15) is 13.2 Å². The molecule has 0 aromatic heterocycles. The number of hydrogen-bond donors (Lipinski definition) is 2. The predicted molar refractivity (Wildman–Crippen MR) is 63.3 cm³/mol. The van der Waals surface area contributed by atoms with Gasteiger partial charge in [0.25, 0.3) is 0 Å². The van der Waals surface area contributed by atoms with Gasteiger partial charge in [-0.15, -0.1) is 0 Å². The minimum atomic E-state index is -4.31. The van der Waals surface area contributed by atoms with E-state index in [-0.39, 0.29) is 19.4 Å². The highest BCUT2D eigenvalue weighted by Gasteiger charge is 2.49. The fourth-order valence-electron chi connectivity index (χ4n) is 3.12. The zero-order valence-electron chi connectivity index (χ0n) is 10.8. The van der Waals surface area contributed by atoms with Crippen LogP contribution in [-0.2, 0) is 4.79 Å². The van der Waals surface area contributed by atoms with Crippen LogP contribution >= 0.6 is 0 Å². The van der Waals surface area contributed by atoms with Crippen molar-refractivity contribution in [2.45, 2.75) is 56.7 Å². The summed E-state index contributed by atoms with van der Waals surface area (Å²) in [6.07, 6.45) is -0.596. The number of aliphatic hydroxyl groups is 1. The minimum absolute atomic E-state index is 0.0354. The molecule has 2 aliphatic rings. The van der Waals surface area contributed by atoms with Crippen LogP contribution in [0.25, 0.3) is 0 Å². The van der Waals surface area contributed by atoms with Crippen LogP contribution in [0.15, 0.2) is 0 Å². The number of halogens is 3. The van der Waals surface area contributed by atoms with Crippen molar-refractivity contribution >= 4 is 5.91 Å². The van der Waals surface area contributed by atoms with Crippen LogP contribution < -0.4 is 5.32 Å². The number of carbonyl (C=O) groups is 1. The van der Waals surface area contributed by atoms with Gasteiger partial charge < -0.3 is 10.4 Å². The van der Waals surface area contributed by atoms with Crippen molar-refractivity contribution in [3.63, 3.8) is 0 Å². The molecule has 2 atom stereocenters. The summed E-state index contributed by atoms with van der Waals surface area (Å²) in [5.41, 5.74) is -0.662. The Morgan fingerprint density at radius 2 is 1.84 bits per heavy atom. The van der Waals surface area contributed by atoms with Crippen molar-refractivity contribution in [2.24, 2.45) is 11.8 Å². The molecule has 2 unspecified atom stereocenters. The summed E-state index contributed by atoms with van der Waals surface area (Å²) in [6, 6.07) is 0. The topological polar surface area (TPSA) is 49.3 Å². The van der Waals surface area contributed by atoms with E-state index in [0.29, 0.717) is 25.7 Å². The Morgan fingerprint density at radius 1 is 1.21 bits per heavy atom. The van der Waals surface area contributed by atoms with Crippen LogP contribution in [-0.4, -0.2) is 29.3 Å². The third-order valence-corrected chi connectivity index (χ3v) is 4.52. The van der Waals surface area contributed by atoms with Crippen molar-refractivity contribution in [3.05, 3.63) is 0 Å². The molecular weight excluding hydrogens is 259 g/mol. The summed E-state index contributed by atoms with van der Waals surface area (Å²) < 4.78 is 38.8. The first-order valence-corrected chi connectivity index (χ1v) is 6.88. The number of aliphatic hydroxyl groups excluding tert-OH is 1. The minimum Gasteiger partial charge on any atom is -0.394 e. The third kappa shape index (κ3) is 3.04. The van der Waals surface area contributed by atoms with Gasteiger partial charge in [-0.3, -0.25) is 4.79 Å². The lowest BCUT2D eigenvalue weighted by atomic mass is 9.74. The van der Waals surface area contributed by atoms with E-state index in [1.165, 1.54) is 0 Å². The van der Waals surface area contributed by atoms with E-state index in [9.17, 15) is 23.1 Å². The van der Waals surface area contributed by atoms with E-state index < -0.39 is 29.5 Å². The van der Waals surface area contributed by atoms with Gasteiger partial charge in [0.15, 0.2) is 0 Å². The third-order valence-electron chi connectivity index (χ3n) is 4.52. The fourth-order valence-corrected chi connectivity index (χ4v) is 3.12. The molecule has 19 heavy (non-hydrogen) atoms. The molecule has 110 valence electrons. The number of nitrogens with one attached hydrogen (secondary N) is 1. The molecule has 6 heteroatoms. The van der Waals surface area contributed by atoms with Gasteiger partial charge in [-0.1, -0.05) is 12.8 Å². The highest BCUT2D eigenvalue weighted by molar-refractivity contribution is 5.80. The van der Waals surface area contributed by atoms with E-state index in [1.807, 2.05) is 0 Å². The summed E-state index contributed by atoms with van der Waals surface area (Å²) in [6.45, 7) is -0.192. The van der Waals surface area contributed by atoms with Crippen molar-refractivity contribution in [3.8, 4) is 0 Å². The molecule has 0 saturated heterocycles. The molecule has 3 nitrogen and oxygen atoms in total. The van der Waals surface area contributed by atoms with Crippen LogP contribution in [0.2, 0.25) is 0 Å². The molecule has 0 aromatic rings. The van der Waals surface area contributed by atoms with Crippen molar-refractivity contribution in [1.29, 1.82) is 0 Å². The standard InChI is InChI=1S/C13H20F3NO2/c14-13(15,16)10-5-2-1-4-9(10)11(19)17-12(8-18)6-3-7-12/h9-10,18H,1-8H2,(H,17,19). The first-order chi connectivity index (χ1) is 8.88. The monoisotopic (exact) mass is 279 g/mol. The van der Waals surface area contributed by atoms with Crippen LogP contribution in [0.5, 0.6) is 0 Å². The maximum Gasteiger partial charge on any atom is 0.392 e. The Kier molecular flexibility index (Phi) is 4.08. The van der Waals surface area contributed by atoms with E-state index in [4.69, 9.17) is 0 Å². The zero-order valence-corrected chi connectivity index (χ0v) is 10.8. The summed E-state index contributed by atoms with van der Waals surface area (Å²) in [5.74, 6) is -3.05. The number of carbonyl (C=O) groups excluding carboxylic acids is 1. The second-order valence-electron chi connectivity index (χ2n) is 5.82. The molecule has 2 fully saturated rings. The molecule has 0 spiro atoms. The first kappa shape index (κ1) is 14.6. The Labute approximate surface area is 110 Å². The first-order valence-electron chi connectivity index (χ1n) is 6.88. The highest BCUT2D eigenvalue weighted by atomic mass is 19.4. The quantitative estimate of drug-likeness (QED) is 0.833. The molecule has 2 rings (SSSR count). The highest BCUT2D eigenvalue weighted by Crippen LogP contribution is 2.42. The largest absolute Gasteiger partial charge is 0.394 e. The summed E-state index contributed by atoms with van der Waals surface area (Å²) in [7, 11) is 0. The Bertz CT molecular complexity index is 334. The van der Waals surface area contributed by atoms with Crippen molar-refractivity contribution in [2.75, 3.05) is 6.61 Å². The molecule has 0 aliphatic heterocycles. The molecule has 2 N–H and O–H groups in total. The predicted octanol–water partition coefficient (Wildman–Crippen LogP) is 2.39. The second-order valence-corrected chi connectivity index (χ2v) is 5.82. The number of hydrogen-bond acceptors (Lipinski definition) is 2. The lowest BCUT2D eigenvalue weighted by molar-refractivity contribution is -0.199. The molecule has 2 aliphatic carbocycles. The molecule has 0 bridgehead atoms. The normalized spacial score (nSPS) is 30.5. The van der Waals surface area contributed by atoms with Crippen molar-refractivity contribution in [1.82, 2.24) is 5.32 Å². The molecule has 0 radical (unpaired) electrons. The number of rotatable bonds is 3. The van der Waals surface area contributed by atoms with E-state index in [0.717, 1.165) is 6.42 Å². The summed E-state index contributed by atoms with van der Waals surface area (Å²) in [5, 5.41) is 11.9. The molecule has 0 aromatic carbocycles. The molecule has 2 saturated carbocycles. The van der Waals surface area contributed by atoms with Gasteiger partial charge >= 0.3 is 6.18 Å².